The number of ether oxygens (including phenoxy) is 2. The third-order valence-electron chi connectivity index (χ3n) is 1.56. The molecule has 0 fully saturated rings. The molecule has 0 heterocycles. The second-order valence-electron chi connectivity index (χ2n) is 3.82. The zero-order chi connectivity index (χ0) is 18.0. The lowest BCUT2D eigenvalue weighted by Crippen LogP contribution is -2.07. The van der Waals surface area contributed by atoms with Crippen LogP contribution in [-0.2, 0) is 32.4 Å². The molecule has 0 saturated heterocycles. The molecular weight excluding hydrogens is 307 g/mol. The van der Waals surface area contributed by atoms with E-state index in [-0.39, 0.29) is 24.4 Å². The van der Waals surface area contributed by atoms with Gasteiger partial charge >= 0.3 is 28.6 Å². The van der Waals surface area contributed by atoms with E-state index >= 15 is 0 Å². The standard InChI is InChI=1S/2C6H10O3.C2H5O.Al/c2*1-3-9-6(8)4-5(2)7;1-2-3;/h2*3-4H2,1-2H3;2H2,1H3;/q;;-1;+1. The topological polar surface area (TPSA) is 96.0 Å². The summed E-state index contributed by atoms with van der Waals surface area (Å²) in [4.78, 5) is 41.3. The van der Waals surface area contributed by atoms with Gasteiger partial charge in [-0.15, -0.1) is 0 Å². The Balaban J connectivity index is -0.000000266. The van der Waals surface area contributed by atoms with Gasteiger partial charge in [-0.25, -0.2) is 0 Å². The minimum Gasteiger partial charge on any atom is -0.516 e. The molecule has 2 radical (unpaired) electrons. The van der Waals surface area contributed by atoms with Crippen LogP contribution in [0.3, 0.4) is 0 Å². The number of hydrogen-bond donors (Lipinski definition) is 0. The fourth-order valence-corrected chi connectivity index (χ4v) is 0.831. The lowest BCUT2D eigenvalue weighted by molar-refractivity contribution is -0.146. The van der Waals surface area contributed by atoms with E-state index in [1.165, 1.54) is 13.8 Å². The van der Waals surface area contributed by atoms with Gasteiger partial charge in [0, 0.05) is 6.61 Å². The van der Waals surface area contributed by atoms with Crippen LogP contribution in [0.5, 0.6) is 0 Å². The van der Waals surface area contributed by atoms with E-state index in [9.17, 15) is 19.2 Å². The average Bonchev–Trinajstić information content (AvgIpc) is 2.38. The summed E-state index contributed by atoms with van der Waals surface area (Å²) in [7, 11) is 0. The second-order valence-corrected chi connectivity index (χ2v) is 4.16. The molecule has 0 N–H and O–H groups in total. The van der Waals surface area contributed by atoms with Crippen molar-refractivity contribution in [3.05, 3.63) is 0 Å². The Morgan fingerprint density at radius 2 is 1.00 bits per heavy atom. The van der Waals surface area contributed by atoms with Gasteiger partial charge in [0.15, 0.2) is 0 Å². The molecule has 7 nitrogen and oxygen atoms in total. The van der Waals surface area contributed by atoms with Crippen LogP contribution in [0.15, 0.2) is 0 Å². The molecule has 0 spiro atoms. The van der Waals surface area contributed by atoms with Gasteiger partial charge in [0.2, 0.25) is 0 Å². The average molecular weight is 332 g/mol. The summed E-state index contributed by atoms with van der Waals surface area (Å²) in [5, 5.41) is 0. The number of rotatable bonds is 7. The van der Waals surface area contributed by atoms with Crippen LogP contribution in [0.1, 0.15) is 47.5 Å². The first-order valence-electron chi connectivity index (χ1n) is 6.86. The van der Waals surface area contributed by atoms with Gasteiger partial charge in [-0.3, -0.25) is 19.2 Å². The number of ketones is 2. The zero-order valence-electron chi connectivity index (χ0n) is 14.0. The Hall–Kier alpha value is -1.23. The van der Waals surface area contributed by atoms with Crippen molar-refractivity contribution in [3.63, 3.8) is 0 Å². The second kappa shape index (κ2) is 19.8. The predicted molar refractivity (Wildman–Crippen MR) is 81.2 cm³/mol. The summed E-state index contributed by atoms with van der Waals surface area (Å²) < 4.78 is 13.4. The van der Waals surface area contributed by atoms with Crippen LogP contribution in [0, 0.1) is 0 Å². The molecule has 0 aliphatic heterocycles. The molecule has 0 saturated carbocycles. The zero-order valence-corrected chi connectivity index (χ0v) is 15.1. The molecular formula is C14H25AlO7. The largest absolute Gasteiger partial charge is 0.516 e. The first-order chi connectivity index (χ1) is 10.2. The minimum atomic E-state index is -0.440. The van der Waals surface area contributed by atoms with Crippen LogP contribution in [-0.4, -0.2) is 59.9 Å². The molecule has 126 valence electrons. The number of carbonyl (C=O) groups is 4. The van der Waals surface area contributed by atoms with Gasteiger partial charge in [0.1, 0.15) is 24.4 Å². The fraction of sp³-hybridized carbons (Fsp3) is 0.714. The molecule has 0 amide bonds. The maximum Gasteiger partial charge on any atom is 0.369 e. The molecule has 0 aromatic heterocycles. The van der Waals surface area contributed by atoms with E-state index in [2.05, 4.69) is 29.9 Å². The van der Waals surface area contributed by atoms with Gasteiger partial charge in [0.25, 0.3) is 0 Å². The molecule has 0 bridgehead atoms. The quantitative estimate of drug-likeness (QED) is 0.392. The first kappa shape index (κ1) is 25.7. The SMILES string of the molecule is CCOC(=O)CC(C)=O.CCOC(=O)CC(C)=O.CC[O][Al]. The van der Waals surface area contributed by atoms with Crippen molar-refractivity contribution in [2.45, 2.75) is 47.5 Å². The Labute approximate surface area is 140 Å². The summed E-state index contributed by atoms with van der Waals surface area (Å²) >= 11 is 2.16. The Morgan fingerprint density at radius 3 is 1.14 bits per heavy atom. The smallest absolute Gasteiger partial charge is 0.369 e. The van der Waals surface area contributed by atoms with Crippen LogP contribution >= 0.6 is 0 Å². The lowest BCUT2D eigenvalue weighted by Gasteiger charge is -1.96. The highest BCUT2D eigenvalue weighted by molar-refractivity contribution is 5.97. The number of hydrogen-bond acceptors (Lipinski definition) is 7. The molecule has 8 heteroatoms. The van der Waals surface area contributed by atoms with E-state index in [4.69, 9.17) is 0 Å². The highest BCUT2D eigenvalue weighted by Gasteiger charge is 2.03. The van der Waals surface area contributed by atoms with Gasteiger partial charge in [-0.2, -0.15) is 0 Å². The third-order valence-corrected chi connectivity index (χ3v) is 1.90. The van der Waals surface area contributed by atoms with Crippen molar-refractivity contribution in [1.82, 2.24) is 0 Å². The van der Waals surface area contributed by atoms with Crippen molar-refractivity contribution >= 4 is 40.1 Å². The monoisotopic (exact) mass is 332 g/mol. The summed E-state index contributed by atoms with van der Waals surface area (Å²) in [6.45, 7) is 9.53. The number of Topliss-reactive ketones (excluding diaryl/α,β-unsaturated/α-hetero) is 2. The molecule has 0 atom stereocenters. The summed E-state index contributed by atoms with van der Waals surface area (Å²) in [6.07, 6.45) is -0.207. The van der Waals surface area contributed by atoms with E-state index in [1.54, 1.807) is 13.8 Å². The maximum absolute atomic E-state index is 10.4. The van der Waals surface area contributed by atoms with Crippen molar-refractivity contribution < 1.29 is 32.4 Å². The van der Waals surface area contributed by atoms with Gasteiger partial charge in [-0.05, 0) is 34.6 Å². The van der Waals surface area contributed by atoms with Gasteiger partial charge in [-0.1, -0.05) is 0 Å². The van der Waals surface area contributed by atoms with Crippen LogP contribution in [0.25, 0.3) is 0 Å². The van der Waals surface area contributed by atoms with Gasteiger partial charge in [0.05, 0.1) is 13.2 Å². The molecule has 0 aliphatic carbocycles. The highest BCUT2D eigenvalue weighted by atomic mass is 27.1. The Kier molecular flexibility index (Phi) is 23.1. The molecule has 0 rings (SSSR count). The summed E-state index contributed by atoms with van der Waals surface area (Å²) in [5.74, 6) is -1.20. The Bertz CT molecular complexity index is 297. The maximum atomic E-state index is 10.4. The summed E-state index contributed by atoms with van der Waals surface area (Å²) in [6, 6.07) is 0. The molecule has 0 aromatic rings. The summed E-state index contributed by atoms with van der Waals surface area (Å²) in [5.41, 5.74) is 0. The minimum absolute atomic E-state index is 0.103. The number of carbonyl (C=O) groups excluding carboxylic acids is 4. The van der Waals surface area contributed by atoms with Crippen LogP contribution < -0.4 is 0 Å². The fourth-order valence-electron chi connectivity index (χ4n) is 0.831. The van der Waals surface area contributed by atoms with Crippen molar-refractivity contribution in [2.75, 3.05) is 19.8 Å². The van der Waals surface area contributed by atoms with Crippen LogP contribution in [0.2, 0.25) is 0 Å². The first-order valence-corrected chi connectivity index (χ1v) is 7.33. The third kappa shape index (κ3) is 31.3. The van der Waals surface area contributed by atoms with Crippen molar-refractivity contribution in [1.29, 1.82) is 0 Å². The van der Waals surface area contributed by atoms with Crippen LogP contribution in [0.4, 0.5) is 0 Å². The van der Waals surface area contributed by atoms with E-state index in [1.807, 2.05) is 6.92 Å². The van der Waals surface area contributed by atoms with Gasteiger partial charge < -0.3 is 13.3 Å². The van der Waals surface area contributed by atoms with E-state index < -0.39 is 11.9 Å². The number of esters is 2. The molecule has 22 heavy (non-hydrogen) atoms. The van der Waals surface area contributed by atoms with E-state index in [0.717, 1.165) is 6.61 Å². The molecule has 0 aliphatic rings. The normalized spacial score (nSPS) is 8.41. The highest BCUT2D eigenvalue weighted by Crippen LogP contribution is 1.86. The molecule has 0 unspecified atom stereocenters. The van der Waals surface area contributed by atoms with E-state index in [0.29, 0.717) is 13.2 Å². The Morgan fingerprint density at radius 1 is 0.727 bits per heavy atom. The molecule has 0 aromatic carbocycles. The lowest BCUT2D eigenvalue weighted by atomic mass is 10.3. The van der Waals surface area contributed by atoms with Crippen molar-refractivity contribution in [3.8, 4) is 0 Å². The predicted octanol–water partition coefficient (Wildman–Crippen LogP) is 1.16. The van der Waals surface area contributed by atoms with Crippen molar-refractivity contribution in [2.24, 2.45) is 0 Å².